The molecule has 4 heteroatoms. The van der Waals surface area contributed by atoms with Crippen molar-refractivity contribution in [3.05, 3.63) is 24.5 Å². The Labute approximate surface area is 76.5 Å². The number of hydrogen-bond donors (Lipinski definition) is 0. The molecular weight excluding hydrogens is 170 g/mol. The molecule has 0 amide bonds. The van der Waals surface area contributed by atoms with E-state index in [1.807, 2.05) is 0 Å². The highest BCUT2D eigenvalue weighted by Gasteiger charge is 2.14. The summed E-state index contributed by atoms with van der Waals surface area (Å²) in [5, 5.41) is 0. The van der Waals surface area contributed by atoms with Crippen molar-refractivity contribution in [2.45, 2.75) is 13.0 Å². The van der Waals surface area contributed by atoms with Gasteiger partial charge in [-0.3, -0.25) is 4.98 Å². The Morgan fingerprint density at radius 2 is 2.38 bits per heavy atom. The van der Waals surface area contributed by atoms with E-state index < -0.39 is 12.1 Å². The van der Waals surface area contributed by atoms with Gasteiger partial charge in [-0.2, -0.15) is 0 Å². The Morgan fingerprint density at radius 1 is 1.62 bits per heavy atom. The molecule has 13 heavy (non-hydrogen) atoms. The maximum atomic E-state index is 10.9. The van der Waals surface area contributed by atoms with Crippen molar-refractivity contribution < 1.29 is 14.3 Å². The summed E-state index contributed by atoms with van der Waals surface area (Å²) in [5.41, 5.74) is 0. The van der Waals surface area contributed by atoms with Gasteiger partial charge in [0.05, 0.1) is 13.3 Å². The minimum Gasteiger partial charge on any atom is -0.477 e. The van der Waals surface area contributed by atoms with Crippen LogP contribution in [0.25, 0.3) is 0 Å². The van der Waals surface area contributed by atoms with E-state index >= 15 is 0 Å². The summed E-state index contributed by atoms with van der Waals surface area (Å²) in [6.07, 6.45) is 2.57. The fraction of sp³-hybridized carbons (Fsp3) is 0.333. The third kappa shape index (κ3) is 2.74. The molecule has 0 aliphatic heterocycles. The van der Waals surface area contributed by atoms with E-state index in [2.05, 4.69) is 9.72 Å². The van der Waals surface area contributed by atoms with Crippen LogP contribution in [-0.2, 0) is 9.53 Å². The van der Waals surface area contributed by atoms with Crippen molar-refractivity contribution in [2.75, 3.05) is 7.11 Å². The van der Waals surface area contributed by atoms with Crippen LogP contribution in [0.4, 0.5) is 0 Å². The zero-order valence-electron chi connectivity index (χ0n) is 7.56. The Bertz CT molecular complexity index is 273. The van der Waals surface area contributed by atoms with E-state index in [0.29, 0.717) is 5.75 Å². The lowest BCUT2D eigenvalue weighted by atomic mass is 10.4. The number of nitrogens with zero attached hydrogens (tertiary/aromatic N) is 1. The molecule has 0 bridgehead atoms. The molecule has 70 valence electrons. The van der Waals surface area contributed by atoms with Crippen molar-refractivity contribution in [3.63, 3.8) is 0 Å². The first-order chi connectivity index (χ1) is 6.24. The van der Waals surface area contributed by atoms with Gasteiger partial charge in [-0.25, -0.2) is 4.79 Å². The third-order valence-corrected chi connectivity index (χ3v) is 1.48. The van der Waals surface area contributed by atoms with E-state index in [1.54, 1.807) is 31.5 Å². The van der Waals surface area contributed by atoms with E-state index in [4.69, 9.17) is 4.74 Å². The predicted molar refractivity (Wildman–Crippen MR) is 46.3 cm³/mol. The highest BCUT2D eigenvalue weighted by atomic mass is 16.6. The Kier molecular flexibility index (Phi) is 3.25. The first-order valence-electron chi connectivity index (χ1n) is 3.88. The standard InChI is InChI=1S/C9H11NO3/c1-7(9(11)12-2)13-8-4-3-5-10-6-8/h3-7H,1-2H3. The van der Waals surface area contributed by atoms with Crippen molar-refractivity contribution in [1.82, 2.24) is 4.98 Å². The molecule has 1 heterocycles. The van der Waals surface area contributed by atoms with E-state index in [0.717, 1.165) is 0 Å². The normalized spacial score (nSPS) is 11.8. The van der Waals surface area contributed by atoms with Crippen LogP contribution in [0, 0.1) is 0 Å². The number of pyridine rings is 1. The molecule has 1 aromatic rings. The number of ether oxygens (including phenoxy) is 2. The summed E-state index contributed by atoms with van der Waals surface area (Å²) in [7, 11) is 1.32. The van der Waals surface area contributed by atoms with Gasteiger partial charge in [0.1, 0.15) is 5.75 Å². The molecule has 1 aromatic heterocycles. The summed E-state index contributed by atoms with van der Waals surface area (Å²) in [5.74, 6) is 0.157. The monoisotopic (exact) mass is 181 g/mol. The maximum absolute atomic E-state index is 10.9. The maximum Gasteiger partial charge on any atom is 0.346 e. The van der Waals surface area contributed by atoms with Gasteiger partial charge in [0.15, 0.2) is 6.10 Å². The lowest BCUT2D eigenvalue weighted by molar-refractivity contribution is -0.147. The lowest BCUT2D eigenvalue weighted by Gasteiger charge is -2.11. The average Bonchev–Trinajstić information content (AvgIpc) is 2.18. The molecule has 0 saturated heterocycles. The second-order valence-corrected chi connectivity index (χ2v) is 2.47. The highest BCUT2D eigenvalue weighted by Crippen LogP contribution is 2.09. The average molecular weight is 181 g/mol. The lowest BCUT2D eigenvalue weighted by Crippen LogP contribution is -2.24. The molecule has 0 saturated carbocycles. The molecule has 0 aliphatic carbocycles. The number of rotatable bonds is 3. The minimum absolute atomic E-state index is 0.399. The van der Waals surface area contributed by atoms with Crippen LogP contribution in [0.2, 0.25) is 0 Å². The highest BCUT2D eigenvalue weighted by molar-refractivity contribution is 5.74. The molecule has 0 radical (unpaired) electrons. The molecule has 1 unspecified atom stereocenters. The molecule has 1 rings (SSSR count). The molecule has 0 fully saturated rings. The minimum atomic E-state index is -0.603. The van der Waals surface area contributed by atoms with Crippen LogP contribution >= 0.6 is 0 Å². The predicted octanol–water partition coefficient (Wildman–Crippen LogP) is 1.02. The summed E-state index contributed by atoms with van der Waals surface area (Å²) in [4.78, 5) is 14.8. The number of carbonyl (C=O) groups excluding carboxylic acids is 1. The molecule has 4 nitrogen and oxygen atoms in total. The van der Waals surface area contributed by atoms with Crippen LogP contribution in [0.3, 0.4) is 0 Å². The number of carbonyl (C=O) groups is 1. The van der Waals surface area contributed by atoms with Crippen LogP contribution in [0.1, 0.15) is 6.92 Å². The molecule has 0 aromatic carbocycles. The Balaban J connectivity index is 2.55. The molecule has 0 N–H and O–H groups in total. The molecule has 0 spiro atoms. The van der Waals surface area contributed by atoms with Gasteiger partial charge in [-0.05, 0) is 19.1 Å². The van der Waals surface area contributed by atoms with Gasteiger partial charge >= 0.3 is 5.97 Å². The van der Waals surface area contributed by atoms with E-state index in [1.165, 1.54) is 7.11 Å². The van der Waals surface area contributed by atoms with Gasteiger partial charge < -0.3 is 9.47 Å². The summed E-state index contributed by atoms with van der Waals surface area (Å²) in [6, 6.07) is 3.46. The second kappa shape index (κ2) is 4.45. The summed E-state index contributed by atoms with van der Waals surface area (Å²) in [6.45, 7) is 1.62. The Morgan fingerprint density at radius 3 is 2.92 bits per heavy atom. The molecule has 0 aliphatic rings. The third-order valence-electron chi connectivity index (χ3n) is 1.48. The van der Waals surface area contributed by atoms with Gasteiger partial charge in [-0.15, -0.1) is 0 Å². The SMILES string of the molecule is COC(=O)C(C)Oc1cccnc1. The number of methoxy groups -OCH3 is 1. The smallest absolute Gasteiger partial charge is 0.346 e. The zero-order valence-corrected chi connectivity index (χ0v) is 7.56. The van der Waals surface area contributed by atoms with Gasteiger partial charge in [0.2, 0.25) is 0 Å². The number of esters is 1. The van der Waals surface area contributed by atoms with Crippen LogP contribution in [0.15, 0.2) is 24.5 Å². The van der Waals surface area contributed by atoms with Gasteiger partial charge in [0, 0.05) is 6.20 Å². The van der Waals surface area contributed by atoms with E-state index in [9.17, 15) is 4.79 Å². The Hall–Kier alpha value is -1.58. The second-order valence-electron chi connectivity index (χ2n) is 2.47. The van der Waals surface area contributed by atoms with E-state index in [-0.39, 0.29) is 0 Å². The van der Waals surface area contributed by atoms with Crippen molar-refractivity contribution in [2.24, 2.45) is 0 Å². The summed E-state index contributed by atoms with van der Waals surface area (Å²) >= 11 is 0. The van der Waals surface area contributed by atoms with Crippen LogP contribution < -0.4 is 4.74 Å². The fourth-order valence-electron chi connectivity index (χ4n) is 0.835. The van der Waals surface area contributed by atoms with Crippen LogP contribution in [-0.4, -0.2) is 24.2 Å². The fourth-order valence-corrected chi connectivity index (χ4v) is 0.835. The van der Waals surface area contributed by atoms with Gasteiger partial charge in [-0.1, -0.05) is 0 Å². The first-order valence-corrected chi connectivity index (χ1v) is 3.88. The van der Waals surface area contributed by atoms with Crippen molar-refractivity contribution in [1.29, 1.82) is 0 Å². The van der Waals surface area contributed by atoms with Crippen molar-refractivity contribution in [3.8, 4) is 5.75 Å². The first kappa shape index (κ1) is 9.51. The molecule has 1 atom stereocenters. The topological polar surface area (TPSA) is 48.4 Å². The molecular formula is C9H11NO3. The van der Waals surface area contributed by atoms with Crippen molar-refractivity contribution >= 4 is 5.97 Å². The quantitative estimate of drug-likeness (QED) is 0.653. The van der Waals surface area contributed by atoms with Crippen LogP contribution in [0.5, 0.6) is 5.75 Å². The number of hydrogen-bond acceptors (Lipinski definition) is 4. The zero-order chi connectivity index (χ0) is 9.68. The van der Waals surface area contributed by atoms with Gasteiger partial charge in [0.25, 0.3) is 0 Å². The summed E-state index contributed by atoms with van der Waals surface area (Å²) < 4.78 is 9.73. The number of aromatic nitrogens is 1. The largest absolute Gasteiger partial charge is 0.477 e.